The average molecular weight is 227 g/mol. The predicted octanol–water partition coefficient (Wildman–Crippen LogP) is 3.21. The molecule has 0 bridgehead atoms. The van der Waals surface area contributed by atoms with E-state index in [2.05, 4.69) is 15.9 Å². The van der Waals surface area contributed by atoms with Gasteiger partial charge in [-0.1, -0.05) is 15.9 Å². The normalized spacial score (nSPS) is 10.8. The highest BCUT2D eigenvalue weighted by atomic mass is 79.9. The van der Waals surface area contributed by atoms with Crippen molar-refractivity contribution >= 4 is 26.9 Å². The number of benzene rings is 1. The Hall–Kier alpha value is -0.960. The fourth-order valence-corrected chi connectivity index (χ4v) is 1.54. The van der Waals surface area contributed by atoms with E-state index in [4.69, 9.17) is 4.42 Å². The molecule has 0 atom stereocenters. The fraction of sp³-hybridized carbons (Fsp3) is 0.111. The quantitative estimate of drug-likeness (QED) is 0.749. The molecule has 1 N–H and O–H groups in total. The molecule has 0 amide bonds. The minimum atomic E-state index is 0.228. The first-order chi connectivity index (χ1) is 5.68. The van der Waals surface area contributed by atoms with E-state index in [1.807, 2.05) is 18.2 Å². The van der Waals surface area contributed by atoms with Crippen LogP contribution in [0, 0.1) is 6.92 Å². The first-order valence-corrected chi connectivity index (χ1v) is 4.35. The molecule has 0 radical (unpaired) electrons. The van der Waals surface area contributed by atoms with Gasteiger partial charge in [-0.2, -0.15) is 0 Å². The van der Waals surface area contributed by atoms with Crippen LogP contribution in [0.3, 0.4) is 0 Å². The predicted molar refractivity (Wildman–Crippen MR) is 50.3 cm³/mol. The third-order valence-corrected chi connectivity index (χ3v) is 2.29. The average Bonchev–Trinajstić information content (AvgIpc) is 2.31. The maximum Gasteiger partial charge on any atom is 0.164 e. The molecule has 0 aliphatic rings. The van der Waals surface area contributed by atoms with Crippen molar-refractivity contribution in [1.29, 1.82) is 0 Å². The zero-order valence-electron chi connectivity index (χ0n) is 6.47. The van der Waals surface area contributed by atoms with Gasteiger partial charge in [-0.15, -0.1) is 0 Å². The molecule has 0 saturated heterocycles. The van der Waals surface area contributed by atoms with Crippen LogP contribution in [0.5, 0.6) is 5.75 Å². The molecule has 0 aliphatic carbocycles. The molecule has 12 heavy (non-hydrogen) atoms. The zero-order valence-corrected chi connectivity index (χ0v) is 8.05. The Morgan fingerprint density at radius 1 is 1.42 bits per heavy atom. The van der Waals surface area contributed by atoms with Crippen LogP contribution in [0.2, 0.25) is 0 Å². The molecule has 0 saturated carbocycles. The molecule has 2 aromatic rings. The first kappa shape index (κ1) is 7.68. The summed E-state index contributed by atoms with van der Waals surface area (Å²) in [5.41, 5.74) is 0.716. The van der Waals surface area contributed by atoms with Crippen molar-refractivity contribution < 1.29 is 9.52 Å². The summed E-state index contributed by atoms with van der Waals surface area (Å²) in [7, 11) is 0. The van der Waals surface area contributed by atoms with E-state index < -0.39 is 0 Å². The van der Waals surface area contributed by atoms with Gasteiger partial charge in [0.25, 0.3) is 0 Å². The van der Waals surface area contributed by atoms with Gasteiger partial charge in [-0.05, 0) is 25.1 Å². The molecule has 0 fully saturated rings. The largest absolute Gasteiger partial charge is 0.504 e. The maximum absolute atomic E-state index is 9.51. The summed E-state index contributed by atoms with van der Waals surface area (Å²) in [4.78, 5) is 0. The lowest BCUT2D eigenvalue weighted by molar-refractivity contribution is 0.451. The van der Waals surface area contributed by atoms with Crippen LogP contribution in [0.15, 0.2) is 27.1 Å². The number of aryl methyl sites for hydroxylation is 1. The second-order valence-electron chi connectivity index (χ2n) is 2.65. The third-order valence-electron chi connectivity index (χ3n) is 1.79. The molecule has 2 rings (SSSR count). The van der Waals surface area contributed by atoms with Gasteiger partial charge in [0.15, 0.2) is 5.75 Å². The van der Waals surface area contributed by atoms with Crippen molar-refractivity contribution in [3.63, 3.8) is 0 Å². The summed E-state index contributed by atoms with van der Waals surface area (Å²) in [6.45, 7) is 1.74. The van der Waals surface area contributed by atoms with Gasteiger partial charge < -0.3 is 9.52 Å². The standard InChI is InChI=1S/C9H7BrO2/c1-5-9(11)7-4-6(10)2-3-8(7)12-5/h2-4,11H,1H3. The van der Waals surface area contributed by atoms with E-state index in [1.165, 1.54) is 0 Å². The highest BCUT2D eigenvalue weighted by Crippen LogP contribution is 2.32. The van der Waals surface area contributed by atoms with Crippen molar-refractivity contribution in [1.82, 2.24) is 0 Å². The lowest BCUT2D eigenvalue weighted by Crippen LogP contribution is -1.65. The number of fused-ring (bicyclic) bond motifs is 1. The Balaban J connectivity index is 2.88. The SMILES string of the molecule is Cc1oc2ccc(Br)cc2c1O. The lowest BCUT2D eigenvalue weighted by atomic mass is 10.2. The van der Waals surface area contributed by atoms with Crippen LogP contribution in [-0.2, 0) is 0 Å². The molecule has 2 nitrogen and oxygen atoms in total. The van der Waals surface area contributed by atoms with Crippen LogP contribution in [0.25, 0.3) is 11.0 Å². The van der Waals surface area contributed by atoms with Gasteiger partial charge >= 0.3 is 0 Å². The number of halogens is 1. The summed E-state index contributed by atoms with van der Waals surface area (Å²) in [6.07, 6.45) is 0. The topological polar surface area (TPSA) is 33.4 Å². The molecule has 0 unspecified atom stereocenters. The Morgan fingerprint density at radius 2 is 2.17 bits per heavy atom. The fourth-order valence-electron chi connectivity index (χ4n) is 1.18. The Morgan fingerprint density at radius 3 is 2.92 bits per heavy atom. The Labute approximate surface area is 77.9 Å². The van der Waals surface area contributed by atoms with E-state index in [9.17, 15) is 5.11 Å². The zero-order chi connectivity index (χ0) is 8.72. The van der Waals surface area contributed by atoms with Gasteiger partial charge in [-0.25, -0.2) is 0 Å². The van der Waals surface area contributed by atoms with Crippen LogP contribution in [-0.4, -0.2) is 5.11 Å². The van der Waals surface area contributed by atoms with Crippen molar-refractivity contribution in [2.24, 2.45) is 0 Å². The highest BCUT2D eigenvalue weighted by Gasteiger charge is 2.08. The van der Waals surface area contributed by atoms with E-state index in [1.54, 1.807) is 6.92 Å². The lowest BCUT2D eigenvalue weighted by Gasteiger charge is -1.89. The smallest absolute Gasteiger partial charge is 0.164 e. The molecule has 1 aromatic heterocycles. The van der Waals surface area contributed by atoms with E-state index >= 15 is 0 Å². The Kier molecular flexibility index (Phi) is 1.61. The highest BCUT2D eigenvalue weighted by molar-refractivity contribution is 9.10. The molecule has 1 heterocycles. The summed E-state index contributed by atoms with van der Waals surface area (Å²) < 4.78 is 6.22. The molecular formula is C9H7BrO2. The molecule has 3 heteroatoms. The minimum absolute atomic E-state index is 0.228. The Bertz CT molecular complexity index is 431. The molecule has 62 valence electrons. The summed E-state index contributed by atoms with van der Waals surface area (Å²) in [5.74, 6) is 0.786. The summed E-state index contributed by atoms with van der Waals surface area (Å²) in [6, 6.07) is 5.54. The second kappa shape index (κ2) is 2.52. The van der Waals surface area contributed by atoms with E-state index in [0.29, 0.717) is 11.3 Å². The number of hydrogen-bond acceptors (Lipinski definition) is 2. The van der Waals surface area contributed by atoms with Crippen LogP contribution in [0.1, 0.15) is 5.76 Å². The summed E-state index contributed by atoms with van der Waals surface area (Å²) in [5, 5.41) is 10.3. The van der Waals surface area contributed by atoms with Gasteiger partial charge in [0.1, 0.15) is 11.3 Å². The molecule has 0 aliphatic heterocycles. The van der Waals surface area contributed by atoms with Gasteiger partial charge in [-0.3, -0.25) is 0 Å². The number of aromatic hydroxyl groups is 1. The monoisotopic (exact) mass is 226 g/mol. The second-order valence-corrected chi connectivity index (χ2v) is 3.56. The van der Waals surface area contributed by atoms with Crippen molar-refractivity contribution in [2.75, 3.05) is 0 Å². The number of hydrogen-bond donors (Lipinski definition) is 1. The summed E-state index contributed by atoms with van der Waals surface area (Å²) >= 11 is 3.32. The first-order valence-electron chi connectivity index (χ1n) is 3.56. The van der Waals surface area contributed by atoms with Crippen molar-refractivity contribution in [2.45, 2.75) is 6.92 Å². The third kappa shape index (κ3) is 1.01. The van der Waals surface area contributed by atoms with Crippen LogP contribution < -0.4 is 0 Å². The number of rotatable bonds is 0. The molecule has 0 spiro atoms. The molecular weight excluding hydrogens is 220 g/mol. The van der Waals surface area contributed by atoms with Crippen LogP contribution >= 0.6 is 15.9 Å². The van der Waals surface area contributed by atoms with Crippen LogP contribution in [0.4, 0.5) is 0 Å². The van der Waals surface area contributed by atoms with Gasteiger partial charge in [0.05, 0.1) is 5.39 Å². The molecule has 1 aromatic carbocycles. The van der Waals surface area contributed by atoms with E-state index in [-0.39, 0.29) is 5.75 Å². The van der Waals surface area contributed by atoms with Crippen molar-refractivity contribution in [3.8, 4) is 5.75 Å². The minimum Gasteiger partial charge on any atom is -0.504 e. The van der Waals surface area contributed by atoms with Gasteiger partial charge in [0, 0.05) is 4.47 Å². The maximum atomic E-state index is 9.51. The number of furan rings is 1. The van der Waals surface area contributed by atoms with Crippen molar-refractivity contribution in [3.05, 3.63) is 28.4 Å². The van der Waals surface area contributed by atoms with E-state index in [0.717, 1.165) is 9.86 Å². The van der Waals surface area contributed by atoms with Gasteiger partial charge in [0.2, 0.25) is 0 Å².